The van der Waals surface area contributed by atoms with Crippen molar-refractivity contribution in [2.45, 2.75) is 44.8 Å². The van der Waals surface area contributed by atoms with Gasteiger partial charge in [-0.3, -0.25) is 9.59 Å². The van der Waals surface area contributed by atoms with Crippen LogP contribution in [0.1, 0.15) is 31.9 Å². The van der Waals surface area contributed by atoms with E-state index in [0.29, 0.717) is 18.9 Å². The SMILES string of the molecule is CCC1C(=O)NC(C2CC2)C(=O)N1Cc1cscn1. The molecular weight excluding hydrogens is 262 g/mol. The zero-order valence-corrected chi connectivity index (χ0v) is 11.7. The van der Waals surface area contributed by atoms with Gasteiger partial charge in [-0.05, 0) is 25.2 Å². The average molecular weight is 279 g/mol. The number of hydrogen-bond acceptors (Lipinski definition) is 4. The van der Waals surface area contributed by atoms with Crippen molar-refractivity contribution in [3.8, 4) is 0 Å². The normalized spacial score (nSPS) is 27.5. The Balaban J connectivity index is 1.82. The summed E-state index contributed by atoms with van der Waals surface area (Å²) in [5.41, 5.74) is 2.62. The fourth-order valence-corrected chi connectivity index (χ4v) is 3.17. The second-order valence-corrected chi connectivity index (χ2v) is 5.91. The molecule has 2 atom stereocenters. The van der Waals surface area contributed by atoms with Crippen molar-refractivity contribution in [2.24, 2.45) is 5.92 Å². The molecule has 2 amide bonds. The summed E-state index contributed by atoms with van der Waals surface area (Å²) in [7, 11) is 0. The Morgan fingerprint density at radius 2 is 2.26 bits per heavy atom. The highest BCUT2D eigenvalue weighted by atomic mass is 32.1. The Bertz CT molecular complexity index is 484. The molecule has 1 aliphatic heterocycles. The molecule has 0 bridgehead atoms. The van der Waals surface area contributed by atoms with E-state index >= 15 is 0 Å². The van der Waals surface area contributed by atoms with E-state index in [9.17, 15) is 9.59 Å². The van der Waals surface area contributed by atoms with Gasteiger partial charge in [0.1, 0.15) is 12.1 Å². The van der Waals surface area contributed by atoms with Gasteiger partial charge in [-0.1, -0.05) is 6.92 Å². The lowest BCUT2D eigenvalue weighted by atomic mass is 10.0. The van der Waals surface area contributed by atoms with Gasteiger partial charge in [0.2, 0.25) is 11.8 Å². The molecule has 1 aromatic rings. The number of nitrogens with zero attached hydrogens (tertiary/aromatic N) is 2. The van der Waals surface area contributed by atoms with Gasteiger partial charge in [0.05, 0.1) is 17.7 Å². The summed E-state index contributed by atoms with van der Waals surface area (Å²) >= 11 is 1.51. The molecule has 2 aliphatic rings. The number of hydrogen-bond donors (Lipinski definition) is 1. The maximum Gasteiger partial charge on any atom is 0.246 e. The van der Waals surface area contributed by atoms with Gasteiger partial charge in [-0.15, -0.1) is 11.3 Å². The molecule has 0 spiro atoms. The van der Waals surface area contributed by atoms with Crippen molar-refractivity contribution in [3.05, 3.63) is 16.6 Å². The van der Waals surface area contributed by atoms with Crippen LogP contribution in [0.15, 0.2) is 10.9 Å². The van der Waals surface area contributed by atoms with Crippen molar-refractivity contribution in [1.29, 1.82) is 0 Å². The number of aromatic nitrogens is 1. The molecule has 2 unspecified atom stereocenters. The van der Waals surface area contributed by atoms with Crippen molar-refractivity contribution in [2.75, 3.05) is 0 Å². The highest BCUT2D eigenvalue weighted by Gasteiger charge is 2.46. The van der Waals surface area contributed by atoms with E-state index in [1.165, 1.54) is 11.3 Å². The van der Waals surface area contributed by atoms with Gasteiger partial charge in [-0.2, -0.15) is 0 Å². The molecule has 5 nitrogen and oxygen atoms in total. The molecule has 1 N–H and O–H groups in total. The monoisotopic (exact) mass is 279 g/mol. The van der Waals surface area contributed by atoms with E-state index in [1.54, 1.807) is 10.4 Å². The molecule has 0 aromatic carbocycles. The van der Waals surface area contributed by atoms with E-state index in [1.807, 2.05) is 12.3 Å². The predicted molar refractivity (Wildman–Crippen MR) is 71.4 cm³/mol. The molecule has 3 rings (SSSR count). The maximum atomic E-state index is 12.5. The van der Waals surface area contributed by atoms with Crippen LogP contribution >= 0.6 is 11.3 Å². The van der Waals surface area contributed by atoms with Crippen LogP contribution in [-0.4, -0.2) is 33.8 Å². The zero-order chi connectivity index (χ0) is 13.4. The van der Waals surface area contributed by atoms with Gasteiger partial charge < -0.3 is 10.2 Å². The molecular formula is C13H17N3O2S. The Morgan fingerprint density at radius 1 is 1.47 bits per heavy atom. The number of piperazine rings is 1. The van der Waals surface area contributed by atoms with E-state index in [-0.39, 0.29) is 23.9 Å². The van der Waals surface area contributed by atoms with E-state index in [4.69, 9.17) is 0 Å². The summed E-state index contributed by atoms with van der Waals surface area (Å²) in [5, 5.41) is 4.82. The fourth-order valence-electron chi connectivity index (χ4n) is 2.62. The lowest BCUT2D eigenvalue weighted by Gasteiger charge is -2.38. The summed E-state index contributed by atoms with van der Waals surface area (Å²) in [6, 6.07) is -0.668. The Hall–Kier alpha value is -1.43. The highest BCUT2D eigenvalue weighted by molar-refractivity contribution is 7.07. The third kappa shape index (κ3) is 2.36. The summed E-state index contributed by atoms with van der Waals surface area (Å²) in [6.45, 7) is 2.38. The first-order valence-corrected chi connectivity index (χ1v) is 7.63. The number of amides is 2. The number of carbonyl (C=O) groups excluding carboxylic acids is 2. The van der Waals surface area contributed by atoms with Crippen molar-refractivity contribution >= 4 is 23.2 Å². The minimum atomic E-state index is -0.357. The maximum absolute atomic E-state index is 12.5. The second kappa shape index (κ2) is 4.92. The molecule has 1 saturated carbocycles. The third-order valence-electron chi connectivity index (χ3n) is 3.82. The molecule has 2 fully saturated rings. The Labute approximate surface area is 116 Å². The molecule has 2 heterocycles. The van der Waals surface area contributed by atoms with Gasteiger partial charge in [-0.25, -0.2) is 4.98 Å². The van der Waals surface area contributed by atoms with Gasteiger partial charge >= 0.3 is 0 Å². The second-order valence-electron chi connectivity index (χ2n) is 5.19. The van der Waals surface area contributed by atoms with Gasteiger partial charge in [0.15, 0.2) is 0 Å². The van der Waals surface area contributed by atoms with Crippen LogP contribution in [0.2, 0.25) is 0 Å². The summed E-state index contributed by atoms with van der Waals surface area (Å²) in [6.07, 6.45) is 2.72. The summed E-state index contributed by atoms with van der Waals surface area (Å²) in [4.78, 5) is 30.6. The Morgan fingerprint density at radius 3 is 2.84 bits per heavy atom. The topological polar surface area (TPSA) is 62.3 Å². The molecule has 1 saturated heterocycles. The quantitative estimate of drug-likeness (QED) is 0.899. The minimum Gasteiger partial charge on any atom is -0.342 e. The molecule has 1 aliphatic carbocycles. The van der Waals surface area contributed by atoms with Gasteiger partial charge in [0, 0.05) is 5.38 Å². The third-order valence-corrected chi connectivity index (χ3v) is 4.46. The van der Waals surface area contributed by atoms with Gasteiger partial charge in [0.25, 0.3) is 0 Å². The Kier molecular flexibility index (Phi) is 3.26. The number of rotatable bonds is 4. The lowest BCUT2D eigenvalue weighted by molar-refractivity contribution is -0.150. The van der Waals surface area contributed by atoms with Crippen LogP contribution in [0.25, 0.3) is 0 Å². The van der Waals surface area contributed by atoms with E-state index in [0.717, 1.165) is 18.5 Å². The molecule has 6 heteroatoms. The highest BCUT2D eigenvalue weighted by Crippen LogP contribution is 2.35. The molecule has 0 radical (unpaired) electrons. The standard InChI is InChI=1S/C13H17N3O2S/c1-2-10-12(17)15-11(8-3-4-8)13(18)16(10)5-9-6-19-7-14-9/h6-8,10-11H,2-5H2,1H3,(H,15,17). The lowest BCUT2D eigenvalue weighted by Crippen LogP contribution is -2.63. The predicted octanol–water partition coefficient (Wildman–Crippen LogP) is 1.16. The largest absolute Gasteiger partial charge is 0.342 e. The summed E-state index contributed by atoms with van der Waals surface area (Å²) in [5.74, 6) is 0.378. The van der Waals surface area contributed by atoms with Crippen LogP contribution in [0.4, 0.5) is 0 Å². The minimum absolute atomic E-state index is 0.0192. The zero-order valence-electron chi connectivity index (χ0n) is 10.8. The van der Waals surface area contributed by atoms with E-state index < -0.39 is 0 Å². The average Bonchev–Trinajstić information content (AvgIpc) is 3.11. The van der Waals surface area contributed by atoms with Crippen LogP contribution in [0.5, 0.6) is 0 Å². The van der Waals surface area contributed by atoms with Crippen molar-refractivity contribution in [3.63, 3.8) is 0 Å². The molecule has 1 aromatic heterocycles. The smallest absolute Gasteiger partial charge is 0.246 e. The van der Waals surface area contributed by atoms with Crippen molar-refractivity contribution in [1.82, 2.24) is 15.2 Å². The first kappa shape index (κ1) is 12.6. The summed E-state index contributed by atoms with van der Waals surface area (Å²) < 4.78 is 0. The van der Waals surface area contributed by atoms with Crippen LogP contribution < -0.4 is 5.32 Å². The van der Waals surface area contributed by atoms with Crippen molar-refractivity contribution < 1.29 is 9.59 Å². The van der Waals surface area contributed by atoms with E-state index in [2.05, 4.69) is 10.3 Å². The van der Waals surface area contributed by atoms with Crippen LogP contribution in [0, 0.1) is 5.92 Å². The first-order valence-electron chi connectivity index (χ1n) is 6.68. The molecule has 19 heavy (non-hydrogen) atoms. The number of nitrogens with one attached hydrogen (secondary N) is 1. The number of thiazole rings is 1. The fraction of sp³-hybridized carbons (Fsp3) is 0.615. The number of carbonyl (C=O) groups is 2. The van der Waals surface area contributed by atoms with Crippen LogP contribution in [0.3, 0.4) is 0 Å². The molecule has 102 valence electrons. The van der Waals surface area contributed by atoms with Crippen LogP contribution in [-0.2, 0) is 16.1 Å². The first-order chi connectivity index (χ1) is 9.20.